The summed E-state index contributed by atoms with van der Waals surface area (Å²) in [6.07, 6.45) is -0.229. The standard InChI is InChI=1S/C24H29N3O5S/c1-17(2)15-25-23(29)18(3)26(16-19-9-5-4-6-10-19)22(28)13-14-27-24(30)20-11-7-8-12-21(20)33(27,31)32/h4-12,17-18H,13-16H2,1-3H3,(H,25,29)/t18-/m1/s1. The van der Waals surface area contributed by atoms with Gasteiger partial charge in [-0.2, -0.15) is 0 Å². The van der Waals surface area contributed by atoms with E-state index in [0.717, 1.165) is 9.87 Å². The molecule has 0 spiro atoms. The van der Waals surface area contributed by atoms with E-state index in [1.807, 2.05) is 44.2 Å². The fraction of sp³-hybridized carbons (Fsp3) is 0.375. The SMILES string of the molecule is CC(C)CNC(=O)[C@@H](C)N(Cc1ccccc1)C(=O)CCN1C(=O)c2ccccc2S1(=O)=O. The quantitative estimate of drug-likeness (QED) is 0.605. The first-order valence-corrected chi connectivity index (χ1v) is 12.3. The lowest BCUT2D eigenvalue weighted by Crippen LogP contribution is -2.49. The highest BCUT2D eigenvalue weighted by Gasteiger charge is 2.41. The molecule has 0 fully saturated rings. The maximum atomic E-state index is 13.2. The molecule has 0 radical (unpaired) electrons. The van der Waals surface area contributed by atoms with E-state index >= 15 is 0 Å². The summed E-state index contributed by atoms with van der Waals surface area (Å²) in [4.78, 5) is 39.9. The van der Waals surface area contributed by atoms with Crippen molar-refractivity contribution in [2.75, 3.05) is 13.1 Å². The molecule has 1 aliphatic heterocycles. The van der Waals surface area contributed by atoms with Crippen LogP contribution in [0, 0.1) is 5.92 Å². The number of nitrogens with one attached hydrogen (secondary N) is 1. The molecule has 0 aliphatic carbocycles. The van der Waals surface area contributed by atoms with Gasteiger partial charge in [-0.1, -0.05) is 56.3 Å². The van der Waals surface area contributed by atoms with Gasteiger partial charge in [0.25, 0.3) is 15.9 Å². The van der Waals surface area contributed by atoms with Crippen molar-refractivity contribution >= 4 is 27.7 Å². The zero-order chi connectivity index (χ0) is 24.2. The summed E-state index contributed by atoms with van der Waals surface area (Å²) >= 11 is 0. The van der Waals surface area contributed by atoms with Gasteiger partial charge in [0.2, 0.25) is 11.8 Å². The van der Waals surface area contributed by atoms with Crippen molar-refractivity contribution in [1.29, 1.82) is 0 Å². The molecule has 0 unspecified atom stereocenters. The van der Waals surface area contributed by atoms with Crippen LogP contribution in [-0.4, -0.2) is 54.5 Å². The van der Waals surface area contributed by atoms with Crippen LogP contribution < -0.4 is 5.32 Å². The Kier molecular flexibility index (Phi) is 7.53. The number of carbonyl (C=O) groups is 3. The molecule has 2 aromatic rings. The van der Waals surface area contributed by atoms with Crippen LogP contribution in [0.5, 0.6) is 0 Å². The topological polar surface area (TPSA) is 104 Å². The highest BCUT2D eigenvalue weighted by atomic mass is 32.2. The van der Waals surface area contributed by atoms with E-state index in [2.05, 4.69) is 5.32 Å². The summed E-state index contributed by atoms with van der Waals surface area (Å²) in [7, 11) is -4.00. The second kappa shape index (κ2) is 10.2. The van der Waals surface area contributed by atoms with Gasteiger partial charge in [0.1, 0.15) is 10.9 Å². The van der Waals surface area contributed by atoms with Gasteiger partial charge in [0.15, 0.2) is 0 Å². The number of nitrogens with zero attached hydrogens (tertiary/aromatic N) is 2. The minimum absolute atomic E-state index is 0.0509. The van der Waals surface area contributed by atoms with Crippen molar-refractivity contribution in [2.24, 2.45) is 5.92 Å². The smallest absolute Gasteiger partial charge is 0.269 e. The second-order valence-electron chi connectivity index (χ2n) is 8.45. The molecule has 33 heavy (non-hydrogen) atoms. The summed E-state index contributed by atoms with van der Waals surface area (Å²) in [5.74, 6) is -1.08. The van der Waals surface area contributed by atoms with E-state index in [4.69, 9.17) is 0 Å². The number of hydrogen-bond acceptors (Lipinski definition) is 5. The highest BCUT2D eigenvalue weighted by molar-refractivity contribution is 7.90. The summed E-state index contributed by atoms with van der Waals surface area (Å²) in [5.41, 5.74) is 0.944. The Morgan fingerprint density at radius 1 is 1.00 bits per heavy atom. The van der Waals surface area contributed by atoms with E-state index in [0.29, 0.717) is 6.54 Å². The zero-order valence-corrected chi connectivity index (χ0v) is 19.8. The molecule has 0 bridgehead atoms. The zero-order valence-electron chi connectivity index (χ0n) is 19.0. The number of hydrogen-bond donors (Lipinski definition) is 1. The van der Waals surface area contributed by atoms with Crippen LogP contribution in [0.4, 0.5) is 0 Å². The molecule has 0 saturated carbocycles. The Morgan fingerprint density at radius 2 is 1.64 bits per heavy atom. The first-order chi connectivity index (χ1) is 15.6. The molecular weight excluding hydrogens is 442 g/mol. The largest absolute Gasteiger partial charge is 0.354 e. The predicted octanol–water partition coefficient (Wildman–Crippen LogP) is 2.41. The maximum Gasteiger partial charge on any atom is 0.269 e. The van der Waals surface area contributed by atoms with Crippen molar-refractivity contribution in [3.63, 3.8) is 0 Å². The van der Waals surface area contributed by atoms with E-state index in [-0.39, 0.29) is 41.8 Å². The molecule has 3 rings (SSSR count). The number of sulfonamides is 1. The molecule has 1 atom stereocenters. The van der Waals surface area contributed by atoms with Crippen LogP contribution in [-0.2, 0) is 26.2 Å². The van der Waals surface area contributed by atoms with Gasteiger partial charge in [-0.25, -0.2) is 12.7 Å². The van der Waals surface area contributed by atoms with Gasteiger partial charge in [0, 0.05) is 26.1 Å². The minimum Gasteiger partial charge on any atom is -0.354 e. The molecule has 9 heteroatoms. The Hall–Kier alpha value is -3.20. The third-order valence-electron chi connectivity index (χ3n) is 5.49. The Labute approximate surface area is 194 Å². The number of amides is 3. The molecular formula is C24H29N3O5S. The van der Waals surface area contributed by atoms with Crippen molar-refractivity contribution in [3.05, 3.63) is 65.7 Å². The van der Waals surface area contributed by atoms with Gasteiger partial charge < -0.3 is 10.2 Å². The Bertz CT molecular complexity index is 1130. The van der Waals surface area contributed by atoms with E-state index in [9.17, 15) is 22.8 Å². The summed E-state index contributed by atoms with van der Waals surface area (Å²) in [6.45, 7) is 5.98. The molecule has 1 heterocycles. The third-order valence-corrected chi connectivity index (χ3v) is 7.33. The van der Waals surface area contributed by atoms with Gasteiger partial charge in [-0.05, 0) is 30.5 Å². The van der Waals surface area contributed by atoms with Gasteiger partial charge in [-0.15, -0.1) is 0 Å². The predicted molar refractivity (Wildman–Crippen MR) is 124 cm³/mol. The fourth-order valence-corrected chi connectivity index (χ4v) is 5.18. The second-order valence-corrected chi connectivity index (χ2v) is 10.3. The van der Waals surface area contributed by atoms with Crippen LogP contribution in [0.3, 0.4) is 0 Å². The van der Waals surface area contributed by atoms with E-state index in [1.54, 1.807) is 19.1 Å². The molecule has 176 valence electrons. The van der Waals surface area contributed by atoms with Crippen molar-refractivity contribution in [3.8, 4) is 0 Å². The van der Waals surface area contributed by atoms with E-state index < -0.39 is 27.9 Å². The average molecular weight is 472 g/mol. The summed E-state index contributed by atoms with van der Waals surface area (Å²) < 4.78 is 26.3. The normalized spacial score (nSPS) is 15.3. The number of fused-ring (bicyclic) bond motifs is 1. The molecule has 8 nitrogen and oxygen atoms in total. The van der Waals surface area contributed by atoms with Crippen LogP contribution in [0.2, 0.25) is 0 Å². The molecule has 3 amide bonds. The number of benzene rings is 2. The molecule has 0 saturated heterocycles. The lowest BCUT2D eigenvalue weighted by molar-refractivity contribution is -0.140. The van der Waals surface area contributed by atoms with Crippen LogP contribution in [0.15, 0.2) is 59.5 Å². The van der Waals surface area contributed by atoms with Gasteiger partial charge >= 0.3 is 0 Å². The van der Waals surface area contributed by atoms with Crippen LogP contribution >= 0.6 is 0 Å². The van der Waals surface area contributed by atoms with Crippen molar-refractivity contribution in [2.45, 2.75) is 44.7 Å². The van der Waals surface area contributed by atoms with Gasteiger partial charge in [0.05, 0.1) is 5.56 Å². The van der Waals surface area contributed by atoms with E-state index in [1.165, 1.54) is 17.0 Å². The van der Waals surface area contributed by atoms with Crippen LogP contribution in [0.25, 0.3) is 0 Å². The highest BCUT2D eigenvalue weighted by Crippen LogP contribution is 2.30. The first kappa shape index (κ1) is 24.4. The number of carbonyl (C=O) groups excluding carboxylic acids is 3. The van der Waals surface area contributed by atoms with Crippen molar-refractivity contribution < 1.29 is 22.8 Å². The van der Waals surface area contributed by atoms with Crippen molar-refractivity contribution in [1.82, 2.24) is 14.5 Å². The minimum atomic E-state index is -4.00. The first-order valence-electron chi connectivity index (χ1n) is 10.9. The van der Waals surface area contributed by atoms with Crippen LogP contribution in [0.1, 0.15) is 43.1 Å². The summed E-state index contributed by atoms with van der Waals surface area (Å²) in [5, 5.41) is 2.84. The maximum absolute atomic E-state index is 13.2. The summed E-state index contributed by atoms with van der Waals surface area (Å²) in [6, 6.07) is 14.5. The molecule has 1 aliphatic rings. The third kappa shape index (κ3) is 5.42. The Morgan fingerprint density at radius 3 is 2.27 bits per heavy atom. The Balaban J connectivity index is 1.76. The lowest BCUT2D eigenvalue weighted by Gasteiger charge is -2.29. The van der Waals surface area contributed by atoms with Gasteiger partial charge in [-0.3, -0.25) is 14.4 Å². The number of rotatable bonds is 9. The molecule has 0 aromatic heterocycles. The molecule has 2 aromatic carbocycles. The average Bonchev–Trinajstić information content (AvgIpc) is 2.99. The lowest BCUT2D eigenvalue weighted by atomic mass is 10.1. The monoisotopic (exact) mass is 471 g/mol. The fourth-order valence-electron chi connectivity index (χ4n) is 3.61. The molecule has 1 N–H and O–H groups in total.